The minimum absolute atomic E-state index is 0.159. The van der Waals surface area contributed by atoms with E-state index in [0.29, 0.717) is 11.3 Å². The highest BCUT2D eigenvalue weighted by Crippen LogP contribution is 2.26. The average molecular weight is 310 g/mol. The number of carbonyl (C=O) groups is 1. The van der Waals surface area contributed by atoms with E-state index < -0.39 is 0 Å². The zero-order valence-electron chi connectivity index (χ0n) is 13.4. The molecule has 1 heterocycles. The molecule has 0 aliphatic carbocycles. The van der Waals surface area contributed by atoms with Gasteiger partial charge in [0.05, 0.1) is 19.8 Å². The SMILES string of the molecule is COc1ccc2c(CC(=O)Oc3ccc(C)cc3C)coc2c1. The van der Waals surface area contributed by atoms with Crippen LogP contribution in [0.3, 0.4) is 0 Å². The van der Waals surface area contributed by atoms with E-state index in [2.05, 4.69) is 0 Å². The number of furan rings is 1. The predicted octanol–water partition coefficient (Wildman–Crippen LogP) is 4.21. The molecule has 1 aromatic heterocycles. The molecule has 0 saturated heterocycles. The van der Waals surface area contributed by atoms with Crippen molar-refractivity contribution in [1.82, 2.24) is 0 Å². The third-order valence-corrected chi connectivity index (χ3v) is 3.75. The zero-order valence-corrected chi connectivity index (χ0v) is 13.4. The maximum Gasteiger partial charge on any atom is 0.315 e. The molecular formula is C19H18O4. The van der Waals surface area contributed by atoms with Crippen LogP contribution in [0.25, 0.3) is 11.0 Å². The van der Waals surface area contributed by atoms with Crippen molar-refractivity contribution < 1.29 is 18.7 Å². The zero-order chi connectivity index (χ0) is 16.4. The summed E-state index contributed by atoms with van der Waals surface area (Å²) in [6.45, 7) is 3.93. The summed E-state index contributed by atoms with van der Waals surface area (Å²) < 4.78 is 16.1. The second kappa shape index (κ2) is 6.16. The molecule has 0 fully saturated rings. The van der Waals surface area contributed by atoms with E-state index in [1.807, 2.05) is 44.2 Å². The van der Waals surface area contributed by atoms with Crippen LogP contribution >= 0.6 is 0 Å². The van der Waals surface area contributed by atoms with Gasteiger partial charge in [0, 0.05) is 17.0 Å². The fourth-order valence-corrected chi connectivity index (χ4v) is 2.56. The standard InChI is InChI=1S/C19H18O4/c1-12-4-7-17(13(2)8-12)23-19(20)9-14-11-22-18-10-15(21-3)5-6-16(14)18/h4-8,10-11H,9H2,1-3H3. The van der Waals surface area contributed by atoms with Crippen LogP contribution < -0.4 is 9.47 Å². The fourth-order valence-electron chi connectivity index (χ4n) is 2.56. The topological polar surface area (TPSA) is 48.7 Å². The molecule has 23 heavy (non-hydrogen) atoms. The molecule has 0 aliphatic heterocycles. The van der Waals surface area contributed by atoms with E-state index in [1.165, 1.54) is 0 Å². The van der Waals surface area contributed by atoms with E-state index in [9.17, 15) is 4.79 Å². The Morgan fingerprint density at radius 1 is 1.13 bits per heavy atom. The average Bonchev–Trinajstić information content (AvgIpc) is 2.92. The van der Waals surface area contributed by atoms with Gasteiger partial charge < -0.3 is 13.9 Å². The number of benzene rings is 2. The van der Waals surface area contributed by atoms with Crippen molar-refractivity contribution in [3.8, 4) is 11.5 Å². The van der Waals surface area contributed by atoms with Crippen LogP contribution in [0.5, 0.6) is 11.5 Å². The number of aryl methyl sites for hydroxylation is 2. The highest BCUT2D eigenvalue weighted by Gasteiger charge is 2.13. The molecule has 0 aliphatic rings. The number of fused-ring (bicyclic) bond motifs is 1. The van der Waals surface area contributed by atoms with Crippen LogP contribution in [-0.4, -0.2) is 13.1 Å². The minimum Gasteiger partial charge on any atom is -0.497 e. The van der Waals surface area contributed by atoms with Gasteiger partial charge in [0.1, 0.15) is 17.1 Å². The Labute approximate surface area is 134 Å². The van der Waals surface area contributed by atoms with Crippen LogP contribution in [0, 0.1) is 13.8 Å². The number of hydrogen-bond acceptors (Lipinski definition) is 4. The van der Waals surface area contributed by atoms with E-state index >= 15 is 0 Å². The van der Waals surface area contributed by atoms with Crippen LogP contribution in [0.15, 0.2) is 47.1 Å². The van der Waals surface area contributed by atoms with Gasteiger partial charge in [-0.25, -0.2) is 0 Å². The lowest BCUT2D eigenvalue weighted by Crippen LogP contribution is -2.11. The molecular weight excluding hydrogens is 292 g/mol. The Hall–Kier alpha value is -2.75. The molecule has 3 rings (SSSR count). The van der Waals surface area contributed by atoms with Gasteiger partial charge in [0.15, 0.2) is 0 Å². The second-order valence-corrected chi connectivity index (χ2v) is 5.54. The molecule has 0 N–H and O–H groups in total. The van der Waals surface area contributed by atoms with Gasteiger partial charge in [-0.15, -0.1) is 0 Å². The van der Waals surface area contributed by atoms with E-state index in [-0.39, 0.29) is 12.4 Å². The minimum atomic E-state index is -0.310. The van der Waals surface area contributed by atoms with Gasteiger partial charge in [0.25, 0.3) is 0 Å². The molecule has 0 spiro atoms. The van der Waals surface area contributed by atoms with Gasteiger partial charge in [-0.2, -0.15) is 0 Å². The first kappa shape index (κ1) is 15.2. The van der Waals surface area contributed by atoms with Gasteiger partial charge in [-0.1, -0.05) is 17.7 Å². The lowest BCUT2D eigenvalue weighted by Gasteiger charge is -2.07. The van der Waals surface area contributed by atoms with Gasteiger partial charge in [0.2, 0.25) is 0 Å². The Balaban J connectivity index is 1.77. The normalized spacial score (nSPS) is 10.7. The van der Waals surface area contributed by atoms with E-state index in [1.54, 1.807) is 19.4 Å². The summed E-state index contributed by atoms with van der Waals surface area (Å²) in [5.74, 6) is 1.00. The molecule has 118 valence electrons. The first-order chi connectivity index (χ1) is 11.1. The van der Waals surface area contributed by atoms with Crippen LogP contribution in [-0.2, 0) is 11.2 Å². The van der Waals surface area contributed by atoms with Crippen molar-refractivity contribution in [2.45, 2.75) is 20.3 Å². The van der Waals surface area contributed by atoms with Crippen LogP contribution in [0.2, 0.25) is 0 Å². The number of esters is 1. The van der Waals surface area contributed by atoms with Crippen LogP contribution in [0.1, 0.15) is 16.7 Å². The predicted molar refractivity (Wildman–Crippen MR) is 88.0 cm³/mol. The molecule has 4 nitrogen and oxygen atoms in total. The summed E-state index contributed by atoms with van der Waals surface area (Å²) in [6, 6.07) is 11.3. The summed E-state index contributed by atoms with van der Waals surface area (Å²) in [6.07, 6.45) is 1.75. The summed E-state index contributed by atoms with van der Waals surface area (Å²) in [5.41, 5.74) is 3.58. The fraction of sp³-hybridized carbons (Fsp3) is 0.211. The molecule has 0 amide bonds. The number of rotatable bonds is 4. The largest absolute Gasteiger partial charge is 0.497 e. The lowest BCUT2D eigenvalue weighted by atomic mass is 10.1. The van der Waals surface area contributed by atoms with Crippen molar-refractivity contribution in [2.75, 3.05) is 7.11 Å². The van der Waals surface area contributed by atoms with Crippen molar-refractivity contribution in [1.29, 1.82) is 0 Å². The molecule has 0 radical (unpaired) electrons. The van der Waals surface area contributed by atoms with Crippen molar-refractivity contribution in [2.24, 2.45) is 0 Å². The quantitative estimate of drug-likeness (QED) is 0.535. The Morgan fingerprint density at radius 3 is 2.70 bits per heavy atom. The third kappa shape index (κ3) is 3.21. The third-order valence-electron chi connectivity index (χ3n) is 3.75. The monoisotopic (exact) mass is 310 g/mol. The smallest absolute Gasteiger partial charge is 0.315 e. The first-order valence-electron chi connectivity index (χ1n) is 7.39. The highest BCUT2D eigenvalue weighted by atomic mass is 16.5. The summed E-state index contributed by atoms with van der Waals surface area (Å²) >= 11 is 0. The Kier molecular flexibility index (Phi) is 4.06. The van der Waals surface area contributed by atoms with Gasteiger partial charge in [-0.3, -0.25) is 4.79 Å². The molecule has 0 bridgehead atoms. The maximum atomic E-state index is 12.2. The second-order valence-electron chi connectivity index (χ2n) is 5.54. The molecule has 2 aromatic carbocycles. The summed E-state index contributed by atoms with van der Waals surface area (Å²) in [7, 11) is 1.60. The Morgan fingerprint density at radius 2 is 1.96 bits per heavy atom. The van der Waals surface area contributed by atoms with Gasteiger partial charge >= 0.3 is 5.97 Å². The van der Waals surface area contributed by atoms with Crippen molar-refractivity contribution in [3.05, 3.63) is 59.4 Å². The Bertz CT molecular complexity index is 861. The number of methoxy groups -OCH3 is 1. The molecule has 0 atom stereocenters. The highest BCUT2D eigenvalue weighted by molar-refractivity contribution is 5.87. The molecule has 0 unspecified atom stereocenters. The van der Waals surface area contributed by atoms with Crippen LogP contribution in [0.4, 0.5) is 0 Å². The van der Waals surface area contributed by atoms with Crippen molar-refractivity contribution in [3.63, 3.8) is 0 Å². The summed E-state index contributed by atoms with van der Waals surface area (Å²) in [5, 5.41) is 0.892. The number of carbonyl (C=O) groups excluding carboxylic acids is 1. The number of hydrogen-bond donors (Lipinski definition) is 0. The molecule has 0 saturated carbocycles. The first-order valence-corrected chi connectivity index (χ1v) is 7.39. The lowest BCUT2D eigenvalue weighted by molar-refractivity contribution is -0.133. The van der Waals surface area contributed by atoms with E-state index in [4.69, 9.17) is 13.9 Å². The van der Waals surface area contributed by atoms with E-state index in [0.717, 1.165) is 27.8 Å². The van der Waals surface area contributed by atoms with Crippen molar-refractivity contribution >= 4 is 16.9 Å². The molecule has 3 aromatic rings. The maximum absolute atomic E-state index is 12.2. The number of ether oxygens (including phenoxy) is 2. The van der Waals surface area contributed by atoms with Gasteiger partial charge in [-0.05, 0) is 37.6 Å². The molecule has 4 heteroatoms. The summed E-state index contributed by atoms with van der Waals surface area (Å²) in [4.78, 5) is 12.2.